The molecule has 0 saturated heterocycles. The molecule has 4 heteroatoms. The summed E-state index contributed by atoms with van der Waals surface area (Å²) in [4.78, 5) is 15.5. The van der Waals surface area contributed by atoms with Crippen LogP contribution in [-0.2, 0) is 4.79 Å². The zero-order valence-corrected chi connectivity index (χ0v) is 7.27. The SMILES string of the molecule is O=C1C=Cn2cnc3cccc(c32)N1. The van der Waals surface area contributed by atoms with E-state index >= 15 is 0 Å². The van der Waals surface area contributed by atoms with E-state index in [1.165, 1.54) is 6.08 Å². The maximum Gasteiger partial charge on any atom is 0.249 e. The average Bonchev–Trinajstić information content (AvgIpc) is 2.51. The van der Waals surface area contributed by atoms with Crippen molar-refractivity contribution in [3.05, 3.63) is 30.6 Å². The van der Waals surface area contributed by atoms with Crippen molar-refractivity contribution in [2.75, 3.05) is 5.32 Å². The zero-order valence-electron chi connectivity index (χ0n) is 7.27. The van der Waals surface area contributed by atoms with E-state index in [4.69, 9.17) is 0 Å². The van der Waals surface area contributed by atoms with Gasteiger partial charge in [0.15, 0.2) is 0 Å². The van der Waals surface area contributed by atoms with Crippen LogP contribution in [0.25, 0.3) is 17.2 Å². The summed E-state index contributed by atoms with van der Waals surface area (Å²) in [6, 6.07) is 5.66. The topological polar surface area (TPSA) is 46.9 Å². The third-order valence-corrected chi connectivity index (χ3v) is 2.24. The first-order chi connectivity index (χ1) is 6.84. The molecule has 4 nitrogen and oxygen atoms in total. The second kappa shape index (κ2) is 2.45. The number of carbonyl (C=O) groups excluding carboxylic acids is 1. The van der Waals surface area contributed by atoms with Crippen LogP contribution in [-0.4, -0.2) is 15.5 Å². The third-order valence-electron chi connectivity index (χ3n) is 2.24. The Labute approximate surface area is 79.9 Å². The molecule has 0 unspecified atom stereocenters. The van der Waals surface area contributed by atoms with Gasteiger partial charge in [0.2, 0.25) is 5.91 Å². The van der Waals surface area contributed by atoms with Gasteiger partial charge in [0, 0.05) is 12.3 Å². The van der Waals surface area contributed by atoms with E-state index in [1.807, 2.05) is 22.8 Å². The van der Waals surface area contributed by atoms with Crippen LogP contribution in [0.3, 0.4) is 0 Å². The largest absolute Gasteiger partial charge is 0.321 e. The molecule has 0 bridgehead atoms. The summed E-state index contributed by atoms with van der Waals surface area (Å²) in [6.07, 6.45) is 4.90. The molecule has 0 radical (unpaired) electrons. The number of anilines is 1. The van der Waals surface area contributed by atoms with Crippen LogP contribution < -0.4 is 5.32 Å². The van der Waals surface area contributed by atoms with Crippen molar-refractivity contribution >= 4 is 28.8 Å². The number of rotatable bonds is 0. The highest BCUT2D eigenvalue weighted by atomic mass is 16.1. The normalized spacial score (nSPS) is 14.1. The number of aromatic nitrogens is 2. The number of imidazole rings is 1. The van der Waals surface area contributed by atoms with Crippen molar-refractivity contribution in [3.8, 4) is 0 Å². The maximum absolute atomic E-state index is 11.3. The Bertz CT molecular complexity index is 553. The van der Waals surface area contributed by atoms with E-state index in [-0.39, 0.29) is 5.91 Å². The third kappa shape index (κ3) is 0.877. The van der Waals surface area contributed by atoms with Gasteiger partial charge >= 0.3 is 0 Å². The van der Waals surface area contributed by atoms with Crippen LogP contribution in [0, 0.1) is 0 Å². The maximum atomic E-state index is 11.3. The van der Waals surface area contributed by atoms with E-state index < -0.39 is 0 Å². The quantitative estimate of drug-likeness (QED) is 0.675. The molecule has 68 valence electrons. The predicted molar refractivity (Wildman–Crippen MR) is 53.7 cm³/mol. The molecule has 0 aliphatic carbocycles. The monoisotopic (exact) mass is 185 g/mol. The number of amides is 1. The van der Waals surface area contributed by atoms with Crippen molar-refractivity contribution in [2.45, 2.75) is 0 Å². The summed E-state index contributed by atoms with van der Waals surface area (Å²) in [5, 5.41) is 2.79. The molecule has 0 saturated carbocycles. The molecular weight excluding hydrogens is 178 g/mol. The molecule has 1 amide bonds. The minimum absolute atomic E-state index is 0.110. The zero-order chi connectivity index (χ0) is 9.54. The second-order valence-corrected chi connectivity index (χ2v) is 3.13. The molecule has 0 spiro atoms. The Kier molecular flexibility index (Phi) is 1.28. The van der Waals surface area contributed by atoms with E-state index in [0.29, 0.717) is 0 Å². The van der Waals surface area contributed by atoms with Gasteiger partial charge in [-0.15, -0.1) is 0 Å². The van der Waals surface area contributed by atoms with Crippen molar-refractivity contribution in [1.82, 2.24) is 9.55 Å². The summed E-state index contributed by atoms with van der Waals surface area (Å²) >= 11 is 0. The van der Waals surface area contributed by atoms with Crippen LogP contribution in [0.2, 0.25) is 0 Å². The minimum atomic E-state index is -0.110. The van der Waals surface area contributed by atoms with Crippen LogP contribution in [0.4, 0.5) is 5.69 Å². The van der Waals surface area contributed by atoms with Gasteiger partial charge in [0.25, 0.3) is 0 Å². The first-order valence-corrected chi connectivity index (χ1v) is 4.29. The molecule has 2 heterocycles. The number of hydrogen-bond acceptors (Lipinski definition) is 2. The van der Waals surface area contributed by atoms with E-state index in [9.17, 15) is 4.79 Å². The van der Waals surface area contributed by atoms with E-state index in [1.54, 1.807) is 12.5 Å². The Morgan fingerprint density at radius 1 is 1.36 bits per heavy atom. The highest BCUT2D eigenvalue weighted by Gasteiger charge is 2.10. The Morgan fingerprint density at radius 2 is 2.29 bits per heavy atom. The molecule has 1 aliphatic rings. The van der Waals surface area contributed by atoms with E-state index in [2.05, 4.69) is 10.3 Å². The van der Waals surface area contributed by atoms with E-state index in [0.717, 1.165) is 16.7 Å². The summed E-state index contributed by atoms with van der Waals surface area (Å²) in [5.74, 6) is -0.110. The standard InChI is InChI=1S/C10H7N3O/c14-9-4-5-13-6-11-7-2-1-3-8(12-9)10(7)13/h1-6H,(H,12,14). The first-order valence-electron chi connectivity index (χ1n) is 4.29. The lowest BCUT2D eigenvalue weighted by atomic mass is 10.2. The molecular formula is C10H7N3O. The molecule has 1 aromatic carbocycles. The van der Waals surface area contributed by atoms with Crippen molar-refractivity contribution in [2.24, 2.45) is 0 Å². The molecule has 1 N–H and O–H groups in total. The number of para-hydroxylation sites is 1. The van der Waals surface area contributed by atoms with Crippen LogP contribution in [0.1, 0.15) is 0 Å². The molecule has 1 aliphatic heterocycles. The van der Waals surface area contributed by atoms with Crippen molar-refractivity contribution in [1.29, 1.82) is 0 Å². The molecule has 3 rings (SSSR count). The summed E-state index contributed by atoms with van der Waals surface area (Å²) in [6.45, 7) is 0. The molecule has 2 aromatic rings. The lowest BCUT2D eigenvalue weighted by Crippen LogP contribution is -2.06. The van der Waals surface area contributed by atoms with Gasteiger partial charge in [-0.1, -0.05) is 6.07 Å². The number of nitrogens with zero attached hydrogens (tertiary/aromatic N) is 2. The van der Waals surface area contributed by atoms with Crippen LogP contribution in [0.15, 0.2) is 30.6 Å². The smallest absolute Gasteiger partial charge is 0.249 e. The first kappa shape index (κ1) is 7.32. The van der Waals surface area contributed by atoms with Gasteiger partial charge in [-0.2, -0.15) is 0 Å². The lowest BCUT2D eigenvalue weighted by molar-refractivity contribution is -0.111. The van der Waals surface area contributed by atoms with Crippen LogP contribution in [0.5, 0.6) is 0 Å². The average molecular weight is 185 g/mol. The fourth-order valence-corrected chi connectivity index (χ4v) is 1.63. The predicted octanol–water partition coefficient (Wildman–Crippen LogP) is 1.46. The van der Waals surface area contributed by atoms with Gasteiger partial charge in [-0.3, -0.25) is 4.79 Å². The van der Waals surface area contributed by atoms with Gasteiger partial charge in [0.05, 0.1) is 23.0 Å². The van der Waals surface area contributed by atoms with Gasteiger partial charge < -0.3 is 9.88 Å². The Morgan fingerprint density at radius 3 is 3.21 bits per heavy atom. The molecule has 0 fully saturated rings. The number of carbonyl (C=O) groups is 1. The number of nitrogens with one attached hydrogen (secondary N) is 1. The Balaban J connectivity index is 2.44. The van der Waals surface area contributed by atoms with Crippen LogP contribution >= 0.6 is 0 Å². The summed E-state index contributed by atoms with van der Waals surface area (Å²) in [5.41, 5.74) is 2.62. The van der Waals surface area contributed by atoms with Gasteiger partial charge in [-0.05, 0) is 12.1 Å². The minimum Gasteiger partial charge on any atom is -0.321 e. The van der Waals surface area contributed by atoms with Gasteiger partial charge in [0.1, 0.15) is 0 Å². The van der Waals surface area contributed by atoms with Crippen molar-refractivity contribution in [3.63, 3.8) is 0 Å². The van der Waals surface area contributed by atoms with Crippen molar-refractivity contribution < 1.29 is 4.79 Å². The lowest BCUT2D eigenvalue weighted by Gasteiger charge is -2.01. The fourth-order valence-electron chi connectivity index (χ4n) is 1.63. The second-order valence-electron chi connectivity index (χ2n) is 3.13. The highest BCUT2D eigenvalue weighted by molar-refractivity contribution is 6.08. The number of benzene rings is 1. The van der Waals surface area contributed by atoms with Gasteiger partial charge in [-0.25, -0.2) is 4.98 Å². The number of hydrogen-bond donors (Lipinski definition) is 1. The molecule has 0 atom stereocenters. The highest BCUT2D eigenvalue weighted by Crippen LogP contribution is 2.24. The summed E-state index contributed by atoms with van der Waals surface area (Å²) < 4.78 is 1.84. The fraction of sp³-hybridized carbons (Fsp3) is 0. The molecule has 1 aromatic heterocycles. The summed E-state index contributed by atoms with van der Waals surface area (Å²) in [7, 11) is 0. The molecule has 14 heavy (non-hydrogen) atoms. The Hall–Kier alpha value is -2.10.